The summed E-state index contributed by atoms with van der Waals surface area (Å²) in [6, 6.07) is 2.72. The monoisotopic (exact) mass is 278 g/mol. The lowest BCUT2D eigenvalue weighted by Gasteiger charge is -2.36. The third kappa shape index (κ3) is 4.35. The largest absolute Gasteiger partial charge is 0.465 e. The van der Waals surface area contributed by atoms with Crippen LogP contribution in [0.15, 0.2) is 10.5 Å². The first-order valence-electron chi connectivity index (χ1n) is 7.90. The minimum Gasteiger partial charge on any atom is -0.465 e. The highest BCUT2D eigenvalue weighted by Crippen LogP contribution is 2.30. The Balaban J connectivity index is 1.90. The summed E-state index contributed by atoms with van der Waals surface area (Å²) < 4.78 is 5.86. The number of furan rings is 1. The zero-order chi connectivity index (χ0) is 14.8. The van der Waals surface area contributed by atoms with E-state index >= 15 is 0 Å². The fourth-order valence-corrected chi connectivity index (χ4v) is 2.69. The summed E-state index contributed by atoms with van der Waals surface area (Å²) in [5.41, 5.74) is 1.87. The Labute approximate surface area is 123 Å². The third-order valence-corrected chi connectivity index (χ3v) is 4.36. The smallest absolute Gasteiger partial charge is 0.118 e. The molecule has 1 fully saturated rings. The molecule has 1 aliphatic heterocycles. The van der Waals surface area contributed by atoms with E-state index in [9.17, 15) is 0 Å². The second kappa shape index (κ2) is 6.31. The van der Waals surface area contributed by atoms with Crippen molar-refractivity contribution in [2.24, 2.45) is 5.41 Å². The summed E-state index contributed by atoms with van der Waals surface area (Å²) in [5, 5.41) is 3.41. The molecule has 2 rings (SSSR count). The van der Waals surface area contributed by atoms with E-state index < -0.39 is 0 Å². The Morgan fingerprint density at radius 2 is 1.95 bits per heavy atom. The van der Waals surface area contributed by atoms with E-state index in [4.69, 9.17) is 4.42 Å². The second-order valence-corrected chi connectivity index (χ2v) is 7.27. The van der Waals surface area contributed by atoms with Crippen LogP contribution < -0.4 is 5.32 Å². The summed E-state index contributed by atoms with van der Waals surface area (Å²) in [6.45, 7) is 15.4. The summed E-state index contributed by atoms with van der Waals surface area (Å²) in [5.74, 6) is 2.14. The molecule has 2 heterocycles. The van der Waals surface area contributed by atoms with Gasteiger partial charge < -0.3 is 9.73 Å². The van der Waals surface area contributed by atoms with E-state index in [1.165, 1.54) is 31.5 Å². The Morgan fingerprint density at radius 3 is 2.55 bits per heavy atom. The molecule has 0 unspecified atom stereocenters. The Bertz CT molecular complexity index is 424. The van der Waals surface area contributed by atoms with Crippen molar-refractivity contribution in [3.8, 4) is 0 Å². The van der Waals surface area contributed by atoms with E-state index in [0.29, 0.717) is 11.5 Å². The van der Waals surface area contributed by atoms with Gasteiger partial charge in [0.1, 0.15) is 11.5 Å². The molecule has 3 nitrogen and oxygen atoms in total. The molecular weight excluding hydrogens is 248 g/mol. The average Bonchev–Trinajstić information content (AvgIpc) is 2.70. The highest BCUT2D eigenvalue weighted by molar-refractivity contribution is 5.21. The molecule has 1 aliphatic rings. The number of nitrogens with zero attached hydrogens (tertiary/aromatic N) is 1. The Morgan fingerprint density at radius 1 is 1.30 bits per heavy atom. The molecule has 0 bridgehead atoms. The molecule has 20 heavy (non-hydrogen) atoms. The molecule has 1 saturated heterocycles. The van der Waals surface area contributed by atoms with Crippen molar-refractivity contribution >= 4 is 0 Å². The van der Waals surface area contributed by atoms with E-state index in [-0.39, 0.29) is 0 Å². The minimum absolute atomic E-state index is 0.494. The normalized spacial score (nSPS) is 19.7. The molecule has 0 atom stereocenters. The molecule has 114 valence electrons. The molecule has 3 heteroatoms. The highest BCUT2D eigenvalue weighted by Gasteiger charge is 2.25. The molecule has 0 saturated carbocycles. The van der Waals surface area contributed by atoms with Crippen molar-refractivity contribution in [2.45, 2.75) is 66.6 Å². The summed E-state index contributed by atoms with van der Waals surface area (Å²) in [7, 11) is 0. The van der Waals surface area contributed by atoms with E-state index in [2.05, 4.69) is 50.9 Å². The van der Waals surface area contributed by atoms with E-state index in [0.717, 1.165) is 24.6 Å². The van der Waals surface area contributed by atoms with Gasteiger partial charge in [0.25, 0.3) is 0 Å². The van der Waals surface area contributed by atoms with Gasteiger partial charge in [-0.1, -0.05) is 27.7 Å². The number of nitrogens with one attached hydrogen (secondary N) is 1. The van der Waals surface area contributed by atoms with Gasteiger partial charge in [0.2, 0.25) is 0 Å². The van der Waals surface area contributed by atoms with Crippen molar-refractivity contribution < 1.29 is 4.42 Å². The summed E-state index contributed by atoms with van der Waals surface area (Å²) in [4.78, 5) is 2.56. The van der Waals surface area contributed by atoms with Crippen LogP contribution in [0.3, 0.4) is 0 Å². The standard InChI is InChI=1S/C17H30N2O/c1-13(2)18-11-16-10-15(14(3)20-16)12-19-8-6-17(4,5)7-9-19/h10,13,18H,6-9,11-12H2,1-5H3. The molecule has 0 aliphatic carbocycles. The number of hydrogen-bond donors (Lipinski definition) is 1. The van der Waals surface area contributed by atoms with Gasteiger partial charge in [-0.2, -0.15) is 0 Å². The van der Waals surface area contributed by atoms with Crippen LogP contribution >= 0.6 is 0 Å². The van der Waals surface area contributed by atoms with Crippen molar-refractivity contribution in [3.63, 3.8) is 0 Å². The van der Waals surface area contributed by atoms with Crippen LogP contribution in [-0.2, 0) is 13.1 Å². The van der Waals surface area contributed by atoms with Crippen LogP contribution in [0.1, 0.15) is 57.6 Å². The van der Waals surface area contributed by atoms with Gasteiger partial charge in [0.15, 0.2) is 0 Å². The molecular formula is C17H30N2O. The van der Waals surface area contributed by atoms with Gasteiger partial charge in [-0.15, -0.1) is 0 Å². The summed E-state index contributed by atoms with van der Waals surface area (Å²) in [6.07, 6.45) is 2.59. The van der Waals surface area contributed by atoms with Gasteiger partial charge in [-0.25, -0.2) is 0 Å². The number of piperidine rings is 1. The lowest BCUT2D eigenvalue weighted by Crippen LogP contribution is -2.36. The van der Waals surface area contributed by atoms with Crippen molar-refractivity contribution in [2.75, 3.05) is 13.1 Å². The van der Waals surface area contributed by atoms with Crippen LogP contribution in [-0.4, -0.2) is 24.0 Å². The third-order valence-electron chi connectivity index (χ3n) is 4.36. The number of rotatable bonds is 5. The van der Waals surface area contributed by atoms with Crippen molar-refractivity contribution in [3.05, 3.63) is 23.2 Å². The SMILES string of the molecule is Cc1oc(CNC(C)C)cc1CN1CCC(C)(C)CC1. The van der Waals surface area contributed by atoms with Gasteiger partial charge in [0, 0.05) is 18.2 Å². The van der Waals surface area contributed by atoms with Crippen LogP contribution in [0.4, 0.5) is 0 Å². The summed E-state index contributed by atoms with van der Waals surface area (Å²) >= 11 is 0. The maximum atomic E-state index is 5.86. The molecule has 0 amide bonds. The lowest BCUT2D eigenvalue weighted by atomic mass is 9.82. The number of likely N-dealkylation sites (tertiary alicyclic amines) is 1. The zero-order valence-corrected chi connectivity index (χ0v) is 13.8. The fraction of sp³-hybridized carbons (Fsp3) is 0.765. The topological polar surface area (TPSA) is 28.4 Å². The predicted octanol–water partition coefficient (Wildman–Crippen LogP) is 3.71. The predicted molar refractivity (Wildman–Crippen MR) is 83.7 cm³/mol. The lowest BCUT2D eigenvalue weighted by molar-refractivity contribution is 0.126. The number of aryl methyl sites for hydroxylation is 1. The molecule has 1 aromatic rings. The van der Waals surface area contributed by atoms with Crippen molar-refractivity contribution in [1.29, 1.82) is 0 Å². The molecule has 1 N–H and O–H groups in total. The highest BCUT2D eigenvalue weighted by atomic mass is 16.3. The maximum absolute atomic E-state index is 5.86. The van der Waals surface area contributed by atoms with Gasteiger partial charge in [0.05, 0.1) is 6.54 Å². The number of hydrogen-bond acceptors (Lipinski definition) is 3. The average molecular weight is 278 g/mol. The maximum Gasteiger partial charge on any atom is 0.118 e. The van der Waals surface area contributed by atoms with E-state index in [1.54, 1.807) is 0 Å². The van der Waals surface area contributed by atoms with Gasteiger partial charge in [-0.05, 0) is 44.3 Å². The van der Waals surface area contributed by atoms with Crippen LogP contribution in [0.25, 0.3) is 0 Å². The van der Waals surface area contributed by atoms with Gasteiger partial charge >= 0.3 is 0 Å². The first kappa shape index (κ1) is 15.6. The van der Waals surface area contributed by atoms with E-state index in [1.807, 2.05) is 0 Å². The second-order valence-electron chi connectivity index (χ2n) is 7.27. The van der Waals surface area contributed by atoms with Crippen molar-refractivity contribution in [1.82, 2.24) is 10.2 Å². The first-order chi connectivity index (χ1) is 9.35. The molecule has 0 spiro atoms. The minimum atomic E-state index is 0.494. The first-order valence-corrected chi connectivity index (χ1v) is 7.90. The molecule has 0 radical (unpaired) electrons. The fourth-order valence-electron chi connectivity index (χ4n) is 2.69. The van der Waals surface area contributed by atoms with Crippen LogP contribution in [0.2, 0.25) is 0 Å². The quantitative estimate of drug-likeness (QED) is 0.890. The Kier molecular flexibility index (Phi) is 4.92. The molecule has 1 aromatic heterocycles. The van der Waals surface area contributed by atoms with Crippen LogP contribution in [0, 0.1) is 12.3 Å². The van der Waals surface area contributed by atoms with Gasteiger partial charge in [-0.3, -0.25) is 4.90 Å². The molecule has 0 aromatic carbocycles. The zero-order valence-electron chi connectivity index (χ0n) is 13.8. The van der Waals surface area contributed by atoms with Crippen LogP contribution in [0.5, 0.6) is 0 Å². The Hall–Kier alpha value is -0.800.